The van der Waals surface area contributed by atoms with Crippen LogP contribution in [-0.2, 0) is 13.1 Å². The molecule has 1 aliphatic heterocycles. The van der Waals surface area contributed by atoms with E-state index in [1.165, 1.54) is 11.1 Å². The normalized spacial score (nSPS) is 17.6. The summed E-state index contributed by atoms with van der Waals surface area (Å²) in [5.74, 6) is 0.561. The largest absolute Gasteiger partial charge is 0.396 e. The number of rotatable bonds is 11. The molecule has 1 fully saturated rings. The second kappa shape index (κ2) is 13.5. The number of nitrogens with one attached hydrogen (secondary N) is 2. The van der Waals surface area contributed by atoms with Crippen LogP contribution in [0.5, 0.6) is 0 Å². The van der Waals surface area contributed by atoms with E-state index in [-0.39, 0.29) is 42.4 Å². The molecule has 0 atom stereocenters. The third-order valence-corrected chi connectivity index (χ3v) is 9.15. The first kappa shape index (κ1) is 30.8. The number of benzene rings is 3. The van der Waals surface area contributed by atoms with Crippen LogP contribution in [0.15, 0.2) is 72.9 Å². The van der Waals surface area contributed by atoms with Crippen LogP contribution in [0.1, 0.15) is 63.1 Å². The number of aliphatic hydroxyl groups is 1. The summed E-state index contributed by atoms with van der Waals surface area (Å²) in [6.07, 6.45) is 5.04. The third kappa shape index (κ3) is 6.32. The van der Waals surface area contributed by atoms with Crippen molar-refractivity contribution >= 4 is 29.3 Å². The van der Waals surface area contributed by atoms with E-state index < -0.39 is 4.92 Å². The second-order valence-electron chi connectivity index (χ2n) is 12.0. The molecule has 0 spiro atoms. The van der Waals surface area contributed by atoms with Crippen molar-refractivity contribution in [3.63, 3.8) is 0 Å². The lowest BCUT2D eigenvalue weighted by Crippen LogP contribution is -2.29. The van der Waals surface area contributed by atoms with Crippen LogP contribution >= 0.6 is 0 Å². The molecule has 0 bridgehead atoms. The smallest absolute Gasteiger partial charge is 0.329 e. The van der Waals surface area contributed by atoms with Crippen LogP contribution in [0.4, 0.5) is 17.5 Å². The first-order chi connectivity index (χ1) is 22.3. The van der Waals surface area contributed by atoms with E-state index in [1.54, 1.807) is 24.3 Å². The van der Waals surface area contributed by atoms with E-state index in [2.05, 4.69) is 20.6 Å². The van der Waals surface area contributed by atoms with Gasteiger partial charge in [-0.25, -0.2) is 4.98 Å². The van der Waals surface area contributed by atoms with Crippen LogP contribution in [-0.4, -0.2) is 49.9 Å². The Balaban J connectivity index is 1.17. The molecule has 11 heteroatoms. The monoisotopic (exact) mass is 620 g/mol. The van der Waals surface area contributed by atoms with Gasteiger partial charge in [-0.05, 0) is 84.4 Å². The number of amides is 2. The number of fused-ring (bicyclic) bond motifs is 1. The van der Waals surface area contributed by atoms with Crippen LogP contribution in [0.3, 0.4) is 0 Å². The lowest BCUT2D eigenvalue weighted by atomic mass is 9.82. The number of anilines is 2. The molecule has 0 unspecified atom stereocenters. The second-order valence-corrected chi connectivity index (χ2v) is 12.0. The van der Waals surface area contributed by atoms with Gasteiger partial charge in [-0.2, -0.15) is 4.98 Å². The van der Waals surface area contributed by atoms with Crippen molar-refractivity contribution in [1.29, 1.82) is 0 Å². The number of carbonyl (C=O) groups excluding carboxylic acids is 2. The Morgan fingerprint density at radius 1 is 0.848 bits per heavy atom. The minimum atomic E-state index is -0.484. The summed E-state index contributed by atoms with van der Waals surface area (Å²) < 4.78 is 0. The molecule has 2 aliphatic rings. The molecule has 0 radical (unpaired) electrons. The molecule has 46 heavy (non-hydrogen) atoms. The lowest BCUT2D eigenvalue weighted by molar-refractivity contribution is -0.384. The molecule has 1 saturated carbocycles. The Labute approximate surface area is 266 Å². The van der Waals surface area contributed by atoms with E-state index in [0.29, 0.717) is 36.1 Å². The van der Waals surface area contributed by atoms with Crippen LogP contribution < -0.4 is 10.6 Å². The first-order valence-electron chi connectivity index (χ1n) is 15.6. The maximum absolute atomic E-state index is 13.1. The van der Waals surface area contributed by atoms with Crippen molar-refractivity contribution in [3.8, 4) is 11.1 Å². The molecule has 3 N–H and O–H groups in total. The van der Waals surface area contributed by atoms with E-state index in [1.807, 2.05) is 49.4 Å². The fourth-order valence-corrected chi connectivity index (χ4v) is 6.40. The lowest BCUT2D eigenvalue weighted by Gasteiger charge is -2.27. The quantitative estimate of drug-likeness (QED) is 0.105. The van der Waals surface area contributed by atoms with Gasteiger partial charge >= 0.3 is 5.69 Å². The summed E-state index contributed by atoms with van der Waals surface area (Å²) in [7, 11) is 0. The van der Waals surface area contributed by atoms with Gasteiger partial charge in [0.15, 0.2) is 0 Å². The summed E-state index contributed by atoms with van der Waals surface area (Å²) in [6.45, 7) is 3.32. The van der Waals surface area contributed by atoms with Crippen molar-refractivity contribution < 1.29 is 19.6 Å². The number of imide groups is 1. The van der Waals surface area contributed by atoms with E-state index in [9.17, 15) is 24.8 Å². The summed E-state index contributed by atoms with van der Waals surface area (Å²) in [5.41, 5.74) is 5.39. The van der Waals surface area contributed by atoms with Crippen molar-refractivity contribution in [3.05, 3.63) is 111 Å². The molecular weight excluding hydrogens is 584 g/mol. The summed E-state index contributed by atoms with van der Waals surface area (Å²) in [5, 5.41) is 27.5. The van der Waals surface area contributed by atoms with E-state index in [4.69, 9.17) is 0 Å². The molecule has 2 amide bonds. The Kier molecular flexibility index (Phi) is 9.02. The zero-order valence-corrected chi connectivity index (χ0v) is 25.6. The van der Waals surface area contributed by atoms with E-state index in [0.717, 1.165) is 53.5 Å². The van der Waals surface area contributed by atoms with Gasteiger partial charge in [0.05, 0.1) is 22.6 Å². The molecule has 2 heterocycles. The predicted octanol–water partition coefficient (Wildman–Crippen LogP) is 5.98. The Morgan fingerprint density at radius 2 is 1.46 bits per heavy atom. The van der Waals surface area contributed by atoms with Gasteiger partial charge in [0.1, 0.15) is 6.20 Å². The fraction of sp³-hybridized carbons (Fsp3) is 0.314. The highest BCUT2D eigenvalue weighted by molar-refractivity contribution is 6.21. The van der Waals surface area contributed by atoms with Gasteiger partial charge < -0.3 is 15.7 Å². The van der Waals surface area contributed by atoms with Gasteiger partial charge in [0.25, 0.3) is 11.8 Å². The van der Waals surface area contributed by atoms with Crippen LogP contribution in [0.25, 0.3) is 11.1 Å². The van der Waals surface area contributed by atoms with Crippen LogP contribution in [0, 0.1) is 28.9 Å². The number of nitro groups is 1. The standard InChI is InChI=1S/C35H36N6O5/c1-22-25(18-37-35-38-19-31(41(45)46)32(39-35)36-17-23-13-15-24(21-42)16-14-23)8-6-12-27(22)28-9-3-2-7-26(28)20-40-33(43)29-10-4-5-11-30(29)34(40)44/h2-12,19,23-24,42H,13-18,20-21H2,1H3,(H2,36,37,38,39)/t23-,24-. The number of aliphatic hydroxyl groups excluding tert-OH is 1. The van der Waals surface area contributed by atoms with Crippen molar-refractivity contribution in [2.75, 3.05) is 23.8 Å². The summed E-state index contributed by atoms with van der Waals surface area (Å²) in [6, 6.07) is 20.6. The zero-order chi connectivity index (χ0) is 32.2. The number of hydrogen-bond donors (Lipinski definition) is 3. The molecule has 3 aromatic carbocycles. The molecule has 1 aromatic heterocycles. The average Bonchev–Trinajstić information content (AvgIpc) is 3.32. The summed E-state index contributed by atoms with van der Waals surface area (Å²) in [4.78, 5) is 47.3. The van der Waals surface area contributed by atoms with Gasteiger partial charge in [0.2, 0.25) is 11.8 Å². The SMILES string of the molecule is Cc1c(CNc2ncc([N+](=O)[O-])c(NC[C@H]3CC[C@H](CO)CC3)n2)cccc1-c1ccccc1CN1C(=O)c2ccccc2C1=O. The molecule has 11 nitrogen and oxygen atoms in total. The minimum absolute atomic E-state index is 0.153. The minimum Gasteiger partial charge on any atom is -0.396 e. The topological polar surface area (TPSA) is 151 Å². The number of aromatic nitrogens is 2. The van der Waals surface area contributed by atoms with E-state index >= 15 is 0 Å². The number of nitrogens with zero attached hydrogens (tertiary/aromatic N) is 4. The number of hydrogen-bond acceptors (Lipinski definition) is 9. The first-order valence-corrected chi connectivity index (χ1v) is 15.6. The Bertz CT molecular complexity index is 1750. The van der Waals surface area contributed by atoms with Crippen molar-refractivity contribution in [1.82, 2.24) is 14.9 Å². The van der Waals surface area contributed by atoms with Gasteiger partial charge in [-0.1, -0.05) is 54.6 Å². The third-order valence-electron chi connectivity index (χ3n) is 9.15. The fourth-order valence-electron chi connectivity index (χ4n) is 6.40. The van der Waals surface area contributed by atoms with Gasteiger partial charge in [0, 0.05) is 19.7 Å². The molecule has 236 valence electrons. The zero-order valence-electron chi connectivity index (χ0n) is 25.6. The molecule has 1 aliphatic carbocycles. The molecular formula is C35H36N6O5. The van der Waals surface area contributed by atoms with Crippen molar-refractivity contribution in [2.45, 2.75) is 45.7 Å². The predicted molar refractivity (Wildman–Crippen MR) is 174 cm³/mol. The number of carbonyl (C=O) groups is 2. The highest BCUT2D eigenvalue weighted by Gasteiger charge is 2.35. The Hall–Kier alpha value is -5.16. The Morgan fingerprint density at radius 3 is 2.13 bits per heavy atom. The maximum atomic E-state index is 13.1. The highest BCUT2D eigenvalue weighted by Crippen LogP contribution is 2.33. The maximum Gasteiger partial charge on any atom is 0.329 e. The average molecular weight is 621 g/mol. The van der Waals surface area contributed by atoms with Gasteiger partial charge in [-0.15, -0.1) is 0 Å². The highest BCUT2D eigenvalue weighted by atomic mass is 16.6. The van der Waals surface area contributed by atoms with Crippen LogP contribution in [0.2, 0.25) is 0 Å². The molecule has 0 saturated heterocycles. The van der Waals surface area contributed by atoms with Gasteiger partial charge in [-0.3, -0.25) is 24.6 Å². The van der Waals surface area contributed by atoms with Crippen molar-refractivity contribution in [2.24, 2.45) is 11.8 Å². The summed E-state index contributed by atoms with van der Waals surface area (Å²) >= 11 is 0. The molecule has 4 aromatic rings. The molecule has 6 rings (SSSR count).